The summed E-state index contributed by atoms with van der Waals surface area (Å²) in [6, 6.07) is 2.67. The summed E-state index contributed by atoms with van der Waals surface area (Å²) in [5.74, 6) is 0. The molecule has 1 aromatic rings. The summed E-state index contributed by atoms with van der Waals surface area (Å²) >= 11 is 5.74. The van der Waals surface area contributed by atoms with Crippen LogP contribution >= 0.6 is 11.6 Å². The van der Waals surface area contributed by atoms with Gasteiger partial charge >= 0.3 is 6.01 Å². The van der Waals surface area contributed by atoms with Crippen molar-refractivity contribution in [2.24, 2.45) is 0 Å². The molecule has 2 heterocycles. The van der Waals surface area contributed by atoms with Crippen LogP contribution in [0.5, 0.6) is 6.01 Å². The molecule has 2 rings (SSSR count). The third kappa shape index (κ3) is 4.48. The molecular formula is C12H18ClN3O. The van der Waals surface area contributed by atoms with Crippen LogP contribution in [-0.2, 0) is 0 Å². The van der Waals surface area contributed by atoms with Crippen LogP contribution in [-0.4, -0.2) is 29.2 Å². The van der Waals surface area contributed by atoms with E-state index in [0.717, 1.165) is 19.4 Å². The van der Waals surface area contributed by atoms with Crippen molar-refractivity contribution in [3.05, 3.63) is 17.4 Å². The molecule has 0 spiro atoms. The molecule has 0 bridgehead atoms. The normalized spacial score (nSPS) is 20.2. The van der Waals surface area contributed by atoms with Crippen LogP contribution in [0, 0.1) is 0 Å². The van der Waals surface area contributed by atoms with Crippen LogP contribution in [0.25, 0.3) is 0 Å². The van der Waals surface area contributed by atoms with Crippen LogP contribution in [0.15, 0.2) is 12.3 Å². The minimum absolute atomic E-state index is 0.370. The molecule has 1 aliphatic rings. The minimum atomic E-state index is 0.370. The van der Waals surface area contributed by atoms with Crippen LogP contribution < -0.4 is 10.1 Å². The van der Waals surface area contributed by atoms with E-state index < -0.39 is 0 Å². The standard InChI is InChI=1S/C12H18ClN3O/c13-11-6-8-15-12(16-11)17-9-3-5-10-4-1-2-7-14-10/h6,8,10,14H,1-5,7,9H2. The first-order chi connectivity index (χ1) is 8.34. The fourth-order valence-corrected chi connectivity index (χ4v) is 2.18. The lowest BCUT2D eigenvalue weighted by molar-refractivity contribution is 0.267. The van der Waals surface area contributed by atoms with E-state index in [4.69, 9.17) is 16.3 Å². The zero-order chi connectivity index (χ0) is 11.9. The highest BCUT2D eigenvalue weighted by Crippen LogP contribution is 2.12. The van der Waals surface area contributed by atoms with Gasteiger partial charge < -0.3 is 10.1 Å². The lowest BCUT2D eigenvalue weighted by Gasteiger charge is -2.23. The summed E-state index contributed by atoms with van der Waals surface area (Å²) in [5, 5.41) is 3.94. The van der Waals surface area contributed by atoms with Crippen molar-refractivity contribution in [1.29, 1.82) is 0 Å². The van der Waals surface area contributed by atoms with Crippen LogP contribution in [0.2, 0.25) is 5.15 Å². The van der Waals surface area contributed by atoms with Crippen molar-refractivity contribution in [2.45, 2.75) is 38.1 Å². The Hall–Kier alpha value is -0.870. The van der Waals surface area contributed by atoms with Crippen molar-refractivity contribution >= 4 is 11.6 Å². The van der Waals surface area contributed by atoms with Gasteiger partial charge in [-0.25, -0.2) is 4.98 Å². The number of nitrogens with one attached hydrogen (secondary N) is 1. The van der Waals surface area contributed by atoms with Gasteiger partial charge in [0.25, 0.3) is 0 Å². The molecule has 0 amide bonds. The summed E-state index contributed by atoms with van der Waals surface area (Å²) < 4.78 is 5.44. The molecule has 0 aliphatic carbocycles. The highest BCUT2D eigenvalue weighted by atomic mass is 35.5. The summed E-state index contributed by atoms with van der Waals surface area (Å²) in [7, 11) is 0. The fourth-order valence-electron chi connectivity index (χ4n) is 2.05. The van der Waals surface area contributed by atoms with Gasteiger partial charge in [0, 0.05) is 12.2 Å². The quantitative estimate of drug-likeness (QED) is 0.649. The zero-order valence-corrected chi connectivity index (χ0v) is 10.6. The number of nitrogens with zero attached hydrogens (tertiary/aromatic N) is 2. The fraction of sp³-hybridized carbons (Fsp3) is 0.667. The van der Waals surface area contributed by atoms with E-state index in [2.05, 4.69) is 15.3 Å². The largest absolute Gasteiger partial charge is 0.463 e. The van der Waals surface area contributed by atoms with Gasteiger partial charge in [-0.2, -0.15) is 4.98 Å². The van der Waals surface area contributed by atoms with Gasteiger partial charge in [0.2, 0.25) is 0 Å². The Morgan fingerprint density at radius 2 is 2.41 bits per heavy atom. The molecule has 17 heavy (non-hydrogen) atoms. The maximum Gasteiger partial charge on any atom is 0.317 e. The Balaban J connectivity index is 1.62. The maximum absolute atomic E-state index is 5.74. The second-order valence-electron chi connectivity index (χ2n) is 4.30. The predicted octanol–water partition coefficient (Wildman–Crippen LogP) is 2.43. The average molecular weight is 256 g/mol. The number of hydrogen-bond donors (Lipinski definition) is 1. The molecular weight excluding hydrogens is 238 g/mol. The summed E-state index contributed by atoms with van der Waals surface area (Å²) in [6.07, 6.45) is 7.72. The topological polar surface area (TPSA) is 47.0 Å². The smallest absolute Gasteiger partial charge is 0.317 e. The third-order valence-electron chi connectivity index (χ3n) is 2.94. The molecule has 0 aromatic carbocycles. The second-order valence-corrected chi connectivity index (χ2v) is 4.69. The lowest BCUT2D eigenvalue weighted by atomic mass is 10.0. The summed E-state index contributed by atoms with van der Waals surface area (Å²) in [5.41, 5.74) is 0. The average Bonchev–Trinajstić information content (AvgIpc) is 2.36. The molecule has 1 aliphatic heterocycles. The Morgan fingerprint density at radius 3 is 3.18 bits per heavy atom. The van der Waals surface area contributed by atoms with E-state index in [1.807, 2.05) is 0 Å². The number of rotatable bonds is 5. The zero-order valence-electron chi connectivity index (χ0n) is 9.86. The summed E-state index contributed by atoms with van der Waals surface area (Å²) in [4.78, 5) is 7.96. The molecule has 1 atom stereocenters. The number of aromatic nitrogens is 2. The van der Waals surface area contributed by atoms with Crippen molar-refractivity contribution in [2.75, 3.05) is 13.2 Å². The molecule has 1 N–H and O–H groups in total. The third-order valence-corrected chi connectivity index (χ3v) is 3.15. The molecule has 1 unspecified atom stereocenters. The van der Waals surface area contributed by atoms with Crippen molar-refractivity contribution in [1.82, 2.24) is 15.3 Å². The van der Waals surface area contributed by atoms with Gasteiger partial charge in [0.15, 0.2) is 0 Å². The first-order valence-electron chi connectivity index (χ1n) is 6.19. The van der Waals surface area contributed by atoms with E-state index in [1.54, 1.807) is 12.3 Å². The maximum atomic E-state index is 5.74. The van der Waals surface area contributed by atoms with Crippen LogP contribution in [0.3, 0.4) is 0 Å². The number of halogens is 1. The predicted molar refractivity (Wildman–Crippen MR) is 67.4 cm³/mol. The van der Waals surface area contributed by atoms with Gasteiger partial charge in [-0.1, -0.05) is 18.0 Å². The SMILES string of the molecule is Clc1ccnc(OCCCC2CCCCN2)n1. The van der Waals surface area contributed by atoms with Crippen molar-refractivity contribution in [3.63, 3.8) is 0 Å². The molecule has 1 fully saturated rings. The Labute approximate surface area is 107 Å². The molecule has 1 aromatic heterocycles. The first kappa shape index (κ1) is 12.6. The first-order valence-corrected chi connectivity index (χ1v) is 6.57. The van der Waals surface area contributed by atoms with Crippen molar-refractivity contribution in [3.8, 4) is 6.01 Å². The van der Waals surface area contributed by atoms with Gasteiger partial charge in [0.1, 0.15) is 5.15 Å². The molecule has 0 saturated carbocycles. The molecule has 94 valence electrons. The minimum Gasteiger partial charge on any atom is -0.463 e. The highest BCUT2D eigenvalue weighted by Gasteiger charge is 2.11. The second kappa shape index (κ2) is 6.77. The van der Waals surface area contributed by atoms with E-state index in [1.165, 1.54) is 19.3 Å². The van der Waals surface area contributed by atoms with Gasteiger partial charge in [-0.15, -0.1) is 0 Å². The highest BCUT2D eigenvalue weighted by molar-refractivity contribution is 6.29. The van der Waals surface area contributed by atoms with E-state index in [-0.39, 0.29) is 0 Å². The Kier molecular flexibility index (Phi) is 5.01. The van der Waals surface area contributed by atoms with E-state index in [9.17, 15) is 0 Å². The number of hydrogen-bond acceptors (Lipinski definition) is 4. The van der Waals surface area contributed by atoms with E-state index in [0.29, 0.717) is 23.8 Å². The molecule has 5 heteroatoms. The van der Waals surface area contributed by atoms with Crippen molar-refractivity contribution < 1.29 is 4.74 Å². The van der Waals surface area contributed by atoms with E-state index >= 15 is 0 Å². The monoisotopic (exact) mass is 255 g/mol. The van der Waals surface area contributed by atoms with Crippen LogP contribution in [0.4, 0.5) is 0 Å². The number of piperidine rings is 1. The van der Waals surface area contributed by atoms with Gasteiger partial charge in [-0.05, 0) is 38.3 Å². The molecule has 0 radical (unpaired) electrons. The Bertz CT molecular complexity index is 342. The molecule has 4 nitrogen and oxygen atoms in total. The number of ether oxygens (including phenoxy) is 1. The van der Waals surface area contributed by atoms with Crippen LogP contribution in [0.1, 0.15) is 32.1 Å². The summed E-state index contributed by atoms with van der Waals surface area (Å²) in [6.45, 7) is 1.81. The van der Waals surface area contributed by atoms with Gasteiger partial charge in [-0.3, -0.25) is 0 Å². The molecule has 1 saturated heterocycles. The van der Waals surface area contributed by atoms with Gasteiger partial charge in [0.05, 0.1) is 6.61 Å². The lowest BCUT2D eigenvalue weighted by Crippen LogP contribution is -2.34. The Morgan fingerprint density at radius 1 is 1.47 bits per heavy atom.